The molecule has 0 saturated heterocycles. The van der Waals surface area contributed by atoms with Crippen molar-refractivity contribution in [2.45, 2.75) is 32.1 Å². The van der Waals surface area contributed by atoms with Crippen molar-refractivity contribution in [1.82, 2.24) is 9.80 Å². The van der Waals surface area contributed by atoms with Crippen LogP contribution in [-0.2, 0) is 0 Å². The molecule has 0 aliphatic carbocycles. The number of hydrogen-bond donors (Lipinski definition) is 1. The van der Waals surface area contributed by atoms with Crippen LogP contribution < -0.4 is 0 Å². The molecule has 0 amide bonds. The molecule has 3 heteroatoms. The van der Waals surface area contributed by atoms with E-state index in [1.54, 1.807) is 6.21 Å². The molecular formula is C13H29N3. The van der Waals surface area contributed by atoms with Gasteiger partial charge in [-0.3, -0.25) is 0 Å². The van der Waals surface area contributed by atoms with E-state index in [0.29, 0.717) is 0 Å². The van der Waals surface area contributed by atoms with Gasteiger partial charge in [0, 0.05) is 0 Å². The molecule has 0 aliphatic rings. The first kappa shape index (κ1) is 15.6. The number of nitrogens with one attached hydrogen (secondary N) is 1. The monoisotopic (exact) mass is 227 g/mol. The lowest BCUT2D eigenvalue weighted by atomic mass is 9.94. The standard InChI is InChI=1S/C13H29N3/c1-15(2)11-5-7-13(9-10-14)8-6-12-16(3)4/h10,13-14H,5-9,11-12H2,1-4H3. The van der Waals surface area contributed by atoms with Crippen LogP contribution in [0.15, 0.2) is 0 Å². The highest BCUT2D eigenvalue weighted by molar-refractivity contribution is 5.53. The van der Waals surface area contributed by atoms with Crippen molar-refractivity contribution in [3.63, 3.8) is 0 Å². The van der Waals surface area contributed by atoms with E-state index in [9.17, 15) is 0 Å². The smallest absolute Gasteiger partial charge is 0.00247 e. The highest BCUT2D eigenvalue weighted by Gasteiger charge is 2.07. The van der Waals surface area contributed by atoms with Crippen LogP contribution in [0.4, 0.5) is 0 Å². The Kier molecular flexibility index (Phi) is 9.54. The van der Waals surface area contributed by atoms with E-state index >= 15 is 0 Å². The van der Waals surface area contributed by atoms with Crippen LogP contribution in [0.2, 0.25) is 0 Å². The van der Waals surface area contributed by atoms with Gasteiger partial charge < -0.3 is 15.2 Å². The largest absolute Gasteiger partial charge is 0.313 e. The Hall–Kier alpha value is -0.410. The second kappa shape index (κ2) is 9.79. The highest BCUT2D eigenvalue weighted by Crippen LogP contribution is 2.16. The van der Waals surface area contributed by atoms with E-state index in [1.165, 1.54) is 38.8 Å². The van der Waals surface area contributed by atoms with Crippen LogP contribution in [0.25, 0.3) is 0 Å². The first-order valence-electron chi connectivity index (χ1n) is 6.34. The molecule has 0 heterocycles. The SMILES string of the molecule is CN(C)CCCC(CC=N)CCCN(C)C. The molecule has 0 unspecified atom stereocenters. The fourth-order valence-electron chi connectivity index (χ4n) is 1.94. The lowest BCUT2D eigenvalue weighted by molar-refractivity contribution is 0.336. The van der Waals surface area contributed by atoms with Gasteiger partial charge in [-0.15, -0.1) is 0 Å². The summed E-state index contributed by atoms with van der Waals surface area (Å²) in [5.74, 6) is 0.720. The van der Waals surface area contributed by atoms with Crippen molar-refractivity contribution in [3.8, 4) is 0 Å². The summed E-state index contributed by atoms with van der Waals surface area (Å²) in [6.45, 7) is 2.34. The van der Waals surface area contributed by atoms with Crippen LogP contribution in [0.1, 0.15) is 32.1 Å². The van der Waals surface area contributed by atoms with Gasteiger partial charge in [0.05, 0.1) is 0 Å². The predicted molar refractivity (Wildman–Crippen MR) is 72.5 cm³/mol. The van der Waals surface area contributed by atoms with Crippen LogP contribution in [-0.4, -0.2) is 57.3 Å². The lowest BCUT2D eigenvalue weighted by Gasteiger charge is -2.17. The number of rotatable bonds is 10. The maximum Gasteiger partial charge on any atom is -0.00247 e. The maximum absolute atomic E-state index is 7.23. The zero-order valence-corrected chi connectivity index (χ0v) is 11.5. The molecule has 0 fully saturated rings. The fourth-order valence-corrected chi connectivity index (χ4v) is 1.94. The summed E-state index contributed by atoms with van der Waals surface area (Å²) in [6, 6.07) is 0. The van der Waals surface area contributed by atoms with E-state index in [2.05, 4.69) is 38.0 Å². The Balaban J connectivity index is 3.65. The summed E-state index contributed by atoms with van der Waals surface area (Å²) in [5, 5.41) is 7.23. The van der Waals surface area contributed by atoms with Crippen LogP contribution in [0.5, 0.6) is 0 Å². The fraction of sp³-hybridized carbons (Fsp3) is 0.923. The molecule has 1 N–H and O–H groups in total. The molecule has 0 spiro atoms. The first-order valence-corrected chi connectivity index (χ1v) is 6.34. The van der Waals surface area contributed by atoms with Gasteiger partial charge in [-0.2, -0.15) is 0 Å². The van der Waals surface area contributed by atoms with Gasteiger partial charge in [-0.1, -0.05) is 0 Å². The van der Waals surface area contributed by atoms with Gasteiger partial charge in [0.25, 0.3) is 0 Å². The third-order valence-corrected chi connectivity index (χ3v) is 2.89. The lowest BCUT2D eigenvalue weighted by Crippen LogP contribution is -2.16. The predicted octanol–water partition coefficient (Wildman–Crippen LogP) is 2.33. The van der Waals surface area contributed by atoms with Crippen molar-refractivity contribution < 1.29 is 0 Å². The molecule has 0 saturated carbocycles. The van der Waals surface area contributed by atoms with Gasteiger partial charge in [0.1, 0.15) is 0 Å². The Labute approximate surface area is 101 Å². The average Bonchev–Trinajstić information content (AvgIpc) is 2.16. The van der Waals surface area contributed by atoms with E-state index in [0.717, 1.165) is 12.3 Å². The van der Waals surface area contributed by atoms with Crippen molar-refractivity contribution in [2.24, 2.45) is 5.92 Å². The Bertz CT molecular complexity index is 153. The molecule has 0 atom stereocenters. The molecule has 0 radical (unpaired) electrons. The zero-order valence-electron chi connectivity index (χ0n) is 11.5. The highest BCUT2D eigenvalue weighted by atomic mass is 15.0. The van der Waals surface area contributed by atoms with E-state index < -0.39 is 0 Å². The van der Waals surface area contributed by atoms with Crippen molar-refractivity contribution in [3.05, 3.63) is 0 Å². The average molecular weight is 227 g/mol. The molecule has 0 bridgehead atoms. The molecule has 0 rings (SSSR count). The molecule has 16 heavy (non-hydrogen) atoms. The van der Waals surface area contributed by atoms with Gasteiger partial charge in [0.2, 0.25) is 0 Å². The second-order valence-electron chi connectivity index (χ2n) is 5.20. The Morgan fingerprint density at radius 1 is 0.938 bits per heavy atom. The van der Waals surface area contributed by atoms with Gasteiger partial charge in [0.15, 0.2) is 0 Å². The van der Waals surface area contributed by atoms with Gasteiger partial charge in [-0.05, 0) is 85.5 Å². The van der Waals surface area contributed by atoms with E-state index in [-0.39, 0.29) is 0 Å². The van der Waals surface area contributed by atoms with Gasteiger partial charge >= 0.3 is 0 Å². The normalized spacial score (nSPS) is 11.7. The van der Waals surface area contributed by atoms with Crippen molar-refractivity contribution in [2.75, 3.05) is 41.3 Å². The molecule has 96 valence electrons. The second-order valence-corrected chi connectivity index (χ2v) is 5.20. The molecule has 0 aliphatic heterocycles. The molecule has 0 aromatic carbocycles. The summed E-state index contributed by atoms with van der Waals surface area (Å²) in [6.07, 6.45) is 7.58. The Morgan fingerprint density at radius 3 is 1.69 bits per heavy atom. The molecule has 3 nitrogen and oxygen atoms in total. The summed E-state index contributed by atoms with van der Waals surface area (Å²) in [5.41, 5.74) is 0. The van der Waals surface area contributed by atoms with E-state index in [1.807, 2.05) is 0 Å². The topological polar surface area (TPSA) is 30.3 Å². The van der Waals surface area contributed by atoms with Crippen LogP contribution in [0, 0.1) is 11.3 Å². The quantitative estimate of drug-likeness (QED) is 0.581. The summed E-state index contributed by atoms with van der Waals surface area (Å²) in [7, 11) is 8.49. The van der Waals surface area contributed by atoms with Crippen LogP contribution >= 0.6 is 0 Å². The summed E-state index contributed by atoms with van der Waals surface area (Å²) >= 11 is 0. The third-order valence-electron chi connectivity index (χ3n) is 2.89. The van der Waals surface area contributed by atoms with Crippen molar-refractivity contribution >= 4 is 6.21 Å². The minimum atomic E-state index is 0.720. The molecule has 0 aromatic rings. The number of nitrogens with zero attached hydrogens (tertiary/aromatic N) is 2. The van der Waals surface area contributed by atoms with Crippen LogP contribution in [0.3, 0.4) is 0 Å². The minimum absolute atomic E-state index is 0.720. The third kappa shape index (κ3) is 10.1. The maximum atomic E-state index is 7.23. The zero-order chi connectivity index (χ0) is 12.4. The van der Waals surface area contributed by atoms with E-state index in [4.69, 9.17) is 5.41 Å². The van der Waals surface area contributed by atoms with Gasteiger partial charge in [-0.25, -0.2) is 0 Å². The molecule has 0 aromatic heterocycles. The first-order chi connectivity index (χ1) is 7.56. The minimum Gasteiger partial charge on any atom is -0.313 e. The summed E-state index contributed by atoms with van der Waals surface area (Å²) in [4.78, 5) is 4.47. The molecular weight excluding hydrogens is 198 g/mol. The summed E-state index contributed by atoms with van der Waals surface area (Å²) < 4.78 is 0. The number of hydrogen-bond acceptors (Lipinski definition) is 3. The van der Waals surface area contributed by atoms with Crippen molar-refractivity contribution in [1.29, 1.82) is 5.41 Å². The Morgan fingerprint density at radius 2 is 1.38 bits per heavy atom.